The lowest BCUT2D eigenvalue weighted by atomic mass is 9.79. The van der Waals surface area contributed by atoms with Crippen molar-refractivity contribution in [3.8, 4) is 5.75 Å². The summed E-state index contributed by atoms with van der Waals surface area (Å²) in [5.41, 5.74) is 2.89. The smallest absolute Gasteiger partial charge is 0.319 e. The van der Waals surface area contributed by atoms with Gasteiger partial charge in [-0.15, -0.1) is 0 Å². The molecule has 2 aromatic rings. The molecule has 0 spiro atoms. The number of fused-ring (bicyclic) bond motifs is 1. The number of benzene rings is 2. The minimum absolute atomic E-state index is 0.0705. The third-order valence-electron chi connectivity index (χ3n) is 5.40. The van der Waals surface area contributed by atoms with E-state index < -0.39 is 5.60 Å². The summed E-state index contributed by atoms with van der Waals surface area (Å²) in [4.78, 5) is 12.3. The van der Waals surface area contributed by atoms with E-state index in [4.69, 9.17) is 4.74 Å². The number of urea groups is 1. The van der Waals surface area contributed by atoms with E-state index in [2.05, 4.69) is 31.4 Å². The number of methoxy groups -OCH3 is 1. The number of rotatable bonds is 4. The maximum Gasteiger partial charge on any atom is 0.319 e. The predicted octanol–water partition coefficient (Wildman–Crippen LogP) is 4.34. The topological polar surface area (TPSA) is 70.6 Å². The molecule has 2 amide bonds. The summed E-state index contributed by atoms with van der Waals surface area (Å²) < 4.78 is 5.28. The Morgan fingerprint density at radius 1 is 1.18 bits per heavy atom. The van der Waals surface area contributed by atoms with Crippen molar-refractivity contribution < 1.29 is 14.6 Å². The number of ether oxygens (including phenoxy) is 1. The molecule has 150 valence electrons. The van der Waals surface area contributed by atoms with Gasteiger partial charge < -0.3 is 20.5 Å². The van der Waals surface area contributed by atoms with Crippen LogP contribution in [-0.2, 0) is 17.4 Å². The number of hydrogen-bond donors (Lipinski definition) is 3. The lowest BCUT2D eigenvalue weighted by Gasteiger charge is -2.34. The number of anilines is 1. The molecule has 1 atom stereocenters. The molecule has 1 aliphatic carbocycles. The van der Waals surface area contributed by atoms with Crippen molar-refractivity contribution in [1.29, 1.82) is 0 Å². The first kappa shape index (κ1) is 20.2. The van der Waals surface area contributed by atoms with Crippen LogP contribution < -0.4 is 15.4 Å². The largest absolute Gasteiger partial charge is 0.497 e. The maximum atomic E-state index is 12.3. The van der Waals surface area contributed by atoms with Gasteiger partial charge in [0.25, 0.3) is 0 Å². The lowest BCUT2D eigenvalue weighted by Crippen LogP contribution is -2.44. The summed E-state index contributed by atoms with van der Waals surface area (Å²) >= 11 is 0. The molecule has 0 saturated carbocycles. The average Bonchev–Trinajstić information content (AvgIpc) is 2.66. The molecule has 0 fully saturated rings. The van der Waals surface area contributed by atoms with Gasteiger partial charge in [-0.05, 0) is 65.6 Å². The number of carbonyl (C=O) groups excluding carboxylic acids is 1. The Morgan fingerprint density at radius 3 is 2.54 bits per heavy atom. The third-order valence-corrected chi connectivity index (χ3v) is 5.40. The Kier molecular flexibility index (Phi) is 5.66. The van der Waals surface area contributed by atoms with Crippen molar-refractivity contribution in [2.75, 3.05) is 19.0 Å². The fraction of sp³-hybridized carbons (Fsp3) is 0.435. The van der Waals surface area contributed by atoms with Crippen molar-refractivity contribution >= 4 is 11.7 Å². The molecule has 0 radical (unpaired) electrons. The van der Waals surface area contributed by atoms with Gasteiger partial charge in [0.1, 0.15) is 11.4 Å². The molecule has 2 aromatic carbocycles. The normalized spacial score (nSPS) is 18.9. The number of nitrogens with one attached hydrogen (secondary N) is 2. The minimum Gasteiger partial charge on any atom is -0.497 e. The van der Waals surface area contributed by atoms with Crippen LogP contribution >= 0.6 is 0 Å². The zero-order chi connectivity index (χ0) is 20.4. The molecular weight excluding hydrogens is 352 g/mol. The first-order chi connectivity index (χ1) is 13.2. The molecule has 0 aliphatic heterocycles. The Labute approximate surface area is 167 Å². The van der Waals surface area contributed by atoms with Gasteiger partial charge in [0.05, 0.1) is 13.7 Å². The summed E-state index contributed by atoms with van der Waals surface area (Å²) in [5, 5.41) is 16.8. The molecule has 5 nitrogen and oxygen atoms in total. The fourth-order valence-corrected chi connectivity index (χ4v) is 3.70. The Balaban J connectivity index is 1.63. The lowest BCUT2D eigenvalue weighted by molar-refractivity contribution is 0.0220. The van der Waals surface area contributed by atoms with Gasteiger partial charge >= 0.3 is 6.03 Å². The van der Waals surface area contributed by atoms with Gasteiger partial charge in [-0.1, -0.05) is 39.0 Å². The monoisotopic (exact) mass is 382 g/mol. The van der Waals surface area contributed by atoms with Crippen LogP contribution in [-0.4, -0.2) is 24.8 Å². The van der Waals surface area contributed by atoms with Crippen molar-refractivity contribution in [2.24, 2.45) is 0 Å². The van der Waals surface area contributed by atoms with Crippen LogP contribution in [0.5, 0.6) is 5.75 Å². The standard InChI is InChI=1S/C23H30N2O3/c1-22(2,3)17-7-9-18(10-8-17)25-21(26)24-15-23(27)13-5-6-16-14-19(28-4)11-12-20(16)23/h7-12,14,27H,5-6,13,15H2,1-4H3,(H2,24,25,26). The molecule has 0 aromatic heterocycles. The quantitative estimate of drug-likeness (QED) is 0.737. The van der Waals surface area contributed by atoms with E-state index in [0.717, 1.165) is 35.4 Å². The van der Waals surface area contributed by atoms with Gasteiger partial charge in [-0.25, -0.2) is 4.79 Å². The van der Waals surface area contributed by atoms with Crippen LogP contribution in [0.4, 0.5) is 10.5 Å². The summed E-state index contributed by atoms with van der Waals surface area (Å²) in [5.74, 6) is 0.785. The summed E-state index contributed by atoms with van der Waals surface area (Å²) in [7, 11) is 1.64. The first-order valence-corrected chi connectivity index (χ1v) is 9.76. The summed E-state index contributed by atoms with van der Waals surface area (Å²) in [6, 6.07) is 13.2. The molecule has 0 bridgehead atoms. The van der Waals surface area contributed by atoms with Crippen molar-refractivity contribution in [3.05, 3.63) is 59.2 Å². The molecular formula is C23H30N2O3. The minimum atomic E-state index is -1.06. The highest BCUT2D eigenvalue weighted by atomic mass is 16.5. The van der Waals surface area contributed by atoms with Gasteiger partial charge in [0.2, 0.25) is 0 Å². The Hall–Kier alpha value is -2.53. The molecule has 3 rings (SSSR count). The van der Waals surface area contributed by atoms with E-state index in [0.29, 0.717) is 6.42 Å². The van der Waals surface area contributed by atoms with Crippen LogP contribution in [0.25, 0.3) is 0 Å². The predicted molar refractivity (Wildman–Crippen MR) is 112 cm³/mol. The van der Waals surface area contributed by atoms with E-state index in [9.17, 15) is 9.90 Å². The Bertz CT molecular complexity index is 840. The summed E-state index contributed by atoms with van der Waals surface area (Å²) in [6.45, 7) is 6.62. The second kappa shape index (κ2) is 7.84. The van der Waals surface area contributed by atoms with Crippen LogP contribution in [0.15, 0.2) is 42.5 Å². The van der Waals surface area contributed by atoms with E-state index >= 15 is 0 Å². The van der Waals surface area contributed by atoms with E-state index in [1.54, 1.807) is 7.11 Å². The second-order valence-corrected chi connectivity index (χ2v) is 8.54. The van der Waals surface area contributed by atoms with E-state index in [1.165, 1.54) is 5.56 Å². The van der Waals surface area contributed by atoms with Gasteiger partial charge in [-0.2, -0.15) is 0 Å². The molecule has 0 heterocycles. The highest BCUT2D eigenvalue weighted by Crippen LogP contribution is 2.36. The number of aliphatic hydroxyl groups is 1. The van der Waals surface area contributed by atoms with Crippen LogP contribution in [0.2, 0.25) is 0 Å². The van der Waals surface area contributed by atoms with Gasteiger partial charge in [0.15, 0.2) is 0 Å². The zero-order valence-electron chi connectivity index (χ0n) is 17.1. The zero-order valence-corrected chi connectivity index (χ0v) is 17.1. The van der Waals surface area contributed by atoms with Gasteiger partial charge in [0, 0.05) is 5.69 Å². The first-order valence-electron chi connectivity index (χ1n) is 9.76. The summed E-state index contributed by atoms with van der Waals surface area (Å²) in [6.07, 6.45) is 2.39. The van der Waals surface area contributed by atoms with Crippen molar-refractivity contribution in [3.63, 3.8) is 0 Å². The molecule has 1 aliphatic rings. The molecule has 3 N–H and O–H groups in total. The molecule has 5 heteroatoms. The second-order valence-electron chi connectivity index (χ2n) is 8.54. The highest BCUT2D eigenvalue weighted by molar-refractivity contribution is 5.89. The molecule has 0 saturated heterocycles. The van der Waals surface area contributed by atoms with Crippen LogP contribution in [0.1, 0.15) is 50.3 Å². The molecule has 28 heavy (non-hydrogen) atoms. The van der Waals surface area contributed by atoms with Crippen molar-refractivity contribution in [1.82, 2.24) is 5.32 Å². The van der Waals surface area contributed by atoms with Crippen LogP contribution in [0, 0.1) is 0 Å². The van der Waals surface area contributed by atoms with E-state index in [1.807, 2.05) is 42.5 Å². The number of carbonyl (C=O) groups is 1. The highest BCUT2D eigenvalue weighted by Gasteiger charge is 2.34. The number of aryl methyl sites for hydroxylation is 1. The third kappa shape index (κ3) is 4.47. The van der Waals surface area contributed by atoms with Crippen molar-refractivity contribution in [2.45, 2.75) is 51.0 Å². The fourth-order valence-electron chi connectivity index (χ4n) is 3.70. The molecule has 1 unspecified atom stereocenters. The van der Waals surface area contributed by atoms with Crippen LogP contribution in [0.3, 0.4) is 0 Å². The maximum absolute atomic E-state index is 12.3. The van der Waals surface area contributed by atoms with E-state index in [-0.39, 0.29) is 18.0 Å². The Morgan fingerprint density at radius 2 is 1.89 bits per heavy atom. The SMILES string of the molecule is COc1ccc2c(c1)CCCC2(O)CNC(=O)Nc1ccc(C(C)(C)C)cc1. The number of hydrogen-bond acceptors (Lipinski definition) is 3. The average molecular weight is 383 g/mol. The van der Waals surface area contributed by atoms with Gasteiger partial charge in [-0.3, -0.25) is 0 Å². The number of amides is 2.